The number of fused-ring (bicyclic) bond motifs is 2. The second-order valence-electron chi connectivity index (χ2n) is 7.50. The number of likely N-dealkylation sites (tertiary alicyclic amines) is 1. The van der Waals surface area contributed by atoms with Gasteiger partial charge in [-0.3, -0.25) is 19.3 Å². The van der Waals surface area contributed by atoms with Gasteiger partial charge in [-0.2, -0.15) is 0 Å². The van der Waals surface area contributed by atoms with E-state index >= 15 is 0 Å². The molecule has 1 saturated carbocycles. The number of imide groups is 1. The van der Waals surface area contributed by atoms with E-state index in [0.29, 0.717) is 5.82 Å². The fourth-order valence-electron chi connectivity index (χ4n) is 4.22. The Kier molecular flexibility index (Phi) is 4.68. The van der Waals surface area contributed by atoms with Gasteiger partial charge in [0.05, 0.1) is 28.9 Å². The van der Waals surface area contributed by atoms with Crippen molar-refractivity contribution >= 4 is 28.8 Å². The SMILES string of the molecule is C[C@H](NC(=O)CCN1C(=O)[C@H]2CCCC[C@H]2C1=O)c1nc2ccccc2[nH]1. The number of aromatic nitrogens is 2. The number of nitrogens with zero attached hydrogens (tertiary/aromatic N) is 2. The zero-order valence-corrected chi connectivity index (χ0v) is 15.4. The van der Waals surface area contributed by atoms with Crippen LogP contribution in [0.1, 0.15) is 50.9 Å². The Hall–Kier alpha value is -2.70. The summed E-state index contributed by atoms with van der Waals surface area (Å²) in [5, 5.41) is 2.89. The van der Waals surface area contributed by atoms with Crippen LogP contribution in [0, 0.1) is 11.8 Å². The van der Waals surface area contributed by atoms with Gasteiger partial charge in [-0.25, -0.2) is 4.98 Å². The molecule has 2 N–H and O–H groups in total. The van der Waals surface area contributed by atoms with Gasteiger partial charge in [0.2, 0.25) is 17.7 Å². The van der Waals surface area contributed by atoms with Crippen LogP contribution in [0.5, 0.6) is 0 Å². The predicted octanol–water partition coefficient (Wildman–Crippen LogP) is 2.31. The molecule has 4 rings (SSSR count). The Morgan fingerprint density at radius 2 is 1.89 bits per heavy atom. The van der Waals surface area contributed by atoms with E-state index in [9.17, 15) is 14.4 Å². The van der Waals surface area contributed by atoms with Crippen molar-refractivity contribution in [3.8, 4) is 0 Å². The number of H-pyrrole nitrogens is 1. The molecule has 3 atom stereocenters. The third kappa shape index (κ3) is 3.34. The Balaban J connectivity index is 1.34. The average molecular weight is 368 g/mol. The molecular weight excluding hydrogens is 344 g/mol. The lowest BCUT2D eigenvalue weighted by Crippen LogP contribution is -2.36. The number of hydrogen-bond donors (Lipinski definition) is 2. The third-order valence-corrected chi connectivity index (χ3v) is 5.69. The zero-order chi connectivity index (χ0) is 19.0. The minimum absolute atomic E-state index is 0.0946. The maximum Gasteiger partial charge on any atom is 0.233 e. The molecule has 1 aromatic carbocycles. The summed E-state index contributed by atoms with van der Waals surface area (Å²) >= 11 is 0. The Bertz CT molecular complexity index is 833. The van der Waals surface area contributed by atoms with Gasteiger partial charge in [0.1, 0.15) is 5.82 Å². The van der Waals surface area contributed by atoms with Crippen molar-refractivity contribution < 1.29 is 14.4 Å². The molecule has 27 heavy (non-hydrogen) atoms. The number of nitrogens with one attached hydrogen (secondary N) is 2. The molecule has 1 aliphatic carbocycles. The summed E-state index contributed by atoms with van der Waals surface area (Å²) in [6.45, 7) is 2.01. The van der Waals surface area contributed by atoms with Crippen molar-refractivity contribution in [3.05, 3.63) is 30.1 Å². The molecule has 2 aliphatic rings. The highest BCUT2D eigenvalue weighted by Gasteiger charge is 2.47. The first kappa shape index (κ1) is 17.7. The molecule has 7 heteroatoms. The quantitative estimate of drug-likeness (QED) is 0.792. The number of rotatable bonds is 5. The summed E-state index contributed by atoms with van der Waals surface area (Å²) < 4.78 is 0. The first-order chi connectivity index (χ1) is 13.0. The molecule has 0 unspecified atom stereocenters. The van der Waals surface area contributed by atoms with E-state index in [-0.39, 0.29) is 48.6 Å². The van der Waals surface area contributed by atoms with Gasteiger partial charge in [-0.15, -0.1) is 0 Å². The third-order valence-electron chi connectivity index (χ3n) is 5.69. The average Bonchev–Trinajstić information content (AvgIpc) is 3.21. The maximum absolute atomic E-state index is 12.5. The highest BCUT2D eigenvalue weighted by Crippen LogP contribution is 2.37. The van der Waals surface area contributed by atoms with Crippen LogP contribution in [0.15, 0.2) is 24.3 Å². The van der Waals surface area contributed by atoms with E-state index in [1.54, 1.807) is 0 Å². The van der Waals surface area contributed by atoms with Crippen LogP contribution in [0.2, 0.25) is 0 Å². The molecule has 142 valence electrons. The Morgan fingerprint density at radius 1 is 1.22 bits per heavy atom. The van der Waals surface area contributed by atoms with E-state index in [1.807, 2.05) is 31.2 Å². The number of imidazole rings is 1. The van der Waals surface area contributed by atoms with Crippen LogP contribution < -0.4 is 5.32 Å². The van der Waals surface area contributed by atoms with Crippen molar-refractivity contribution in [1.82, 2.24) is 20.2 Å². The van der Waals surface area contributed by atoms with Crippen LogP contribution in [-0.4, -0.2) is 39.1 Å². The second kappa shape index (κ2) is 7.13. The minimum atomic E-state index is -0.280. The van der Waals surface area contributed by atoms with Crippen LogP contribution in [-0.2, 0) is 14.4 Å². The van der Waals surface area contributed by atoms with Gasteiger partial charge >= 0.3 is 0 Å². The number of aromatic amines is 1. The van der Waals surface area contributed by atoms with Crippen molar-refractivity contribution in [3.63, 3.8) is 0 Å². The lowest BCUT2D eigenvalue weighted by Gasteiger charge is -2.19. The molecule has 7 nitrogen and oxygen atoms in total. The predicted molar refractivity (Wildman–Crippen MR) is 99.4 cm³/mol. The van der Waals surface area contributed by atoms with Crippen molar-refractivity contribution in [1.29, 1.82) is 0 Å². The van der Waals surface area contributed by atoms with Crippen LogP contribution >= 0.6 is 0 Å². The van der Waals surface area contributed by atoms with Gasteiger partial charge in [-0.1, -0.05) is 25.0 Å². The highest BCUT2D eigenvalue weighted by atomic mass is 16.2. The van der Waals surface area contributed by atoms with E-state index in [4.69, 9.17) is 0 Å². The highest BCUT2D eigenvalue weighted by molar-refractivity contribution is 6.05. The summed E-state index contributed by atoms with van der Waals surface area (Å²) in [5.41, 5.74) is 1.77. The monoisotopic (exact) mass is 368 g/mol. The number of carbonyl (C=O) groups is 3. The second-order valence-corrected chi connectivity index (χ2v) is 7.50. The summed E-state index contributed by atoms with van der Waals surface area (Å²) in [6.07, 6.45) is 3.70. The Morgan fingerprint density at radius 3 is 2.56 bits per heavy atom. The van der Waals surface area contributed by atoms with Crippen molar-refractivity contribution in [2.45, 2.75) is 45.1 Å². The molecular formula is C20H24N4O3. The number of benzene rings is 1. The van der Waals surface area contributed by atoms with E-state index in [1.165, 1.54) is 4.90 Å². The lowest BCUT2D eigenvalue weighted by atomic mass is 9.81. The van der Waals surface area contributed by atoms with Crippen LogP contribution in [0.3, 0.4) is 0 Å². The first-order valence-corrected chi connectivity index (χ1v) is 9.64. The van der Waals surface area contributed by atoms with Gasteiger partial charge in [0.25, 0.3) is 0 Å². The van der Waals surface area contributed by atoms with Gasteiger partial charge < -0.3 is 10.3 Å². The molecule has 0 radical (unpaired) electrons. The van der Waals surface area contributed by atoms with Gasteiger partial charge in [-0.05, 0) is 31.9 Å². The number of amides is 3. The number of carbonyl (C=O) groups excluding carboxylic acids is 3. The topological polar surface area (TPSA) is 95.2 Å². The van der Waals surface area contributed by atoms with Crippen LogP contribution in [0.4, 0.5) is 0 Å². The molecule has 1 aromatic heterocycles. The number of para-hydroxylation sites is 2. The summed E-state index contributed by atoms with van der Waals surface area (Å²) in [4.78, 5) is 46.2. The summed E-state index contributed by atoms with van der Waals surface area (Å²) in [7, 11) is 0. The lowest BCUT2D eigenvalue weighted by molar-refractivity contribution is -0.140. The molecule has 0 spiro atoms. The fourth-order valence-corrected chi connectivity index (χ4v) is 4.22. The molecule has 1 aliphatic heterocycles. The van der Waals surface area contributed by atoms with E-state index in [2.05, 4.69) is 15.3 Å². The van der Waals surface area contributed by atoms with Gasteiger partial charge in [0.15, 0.2) is 0 Å². The van der Waals surface area contributed by atoms with Crippen LogP contribution in [0.25, 0.3) is 11.0 Å². The Labute approximate surface area is 157 Å². The standard InChI is InChI=1S/C20H24N4O3/c1-12(18-22-15-8-4-5-9-16(15)23-18)21-17(25)10-11-24-19(26)13-6-2-3-7-14(13)20(24)27/h4-5,8-9,12-14H,2-3,6-7,10-11H2,1H3,(H,21,25)(H,22,23)/t12-,13-,14+/m0/s1. The molecule has 2 aromatic rings. The van der Waals surface area contributed by atoms with Crippen molar-refractivity contribution in [2.24, 2.45) is 11.8 Å². The van der Waals surface area contributed by atoms with Gasteiger partial charge in [0, 0.05) is 13.0 Å². The largest absolute Gasteiger partial charge is 0.346 e. The fraction of sp³-hybridized carbons (Fsp3) is 0.500. The van der Waals surface area contributed by atoms with Crippen molar-refractivity contribution in [2.75, 3.05) is 6.54 Å². The maximum atomic E-state index is 12.5. The molecule has 3 amide bonds. The molecule has 2 fully saturated rings. The normalized spacial score (nSPS) is 23.5. The zero-order valence-electron chi connectivity index (χ0n) is 15.4. The van der Waals surface area contributed by atoms with E-state index < -0.39 is 0 Å². The number of hydrogen-bond acceptors (Lipinski definition) is 4. The molecule has 1 saturated heterocycles. The molecule has 2 heterocycles. The summed E-state index contributed by atoms with van der Waals surface area (Å²) in [6, 6.07) is 7.41. The smallest absolute Gasteiger partial charge is 0.233 e. The first-order valence-electron chi connectivity index (χ1n) is 9.64. The van der Waals surface area contributed by atoms with E-state index in [0.717, 1.165) is 36.7 Å². The minimum Gasteiger partial charge on any atom is -0.346 e. The summed E-state index contributed by atoms with van der Waals surface area (Å²) in [5.74, 6) is -0.0273. The molecule has 0 bridgehead atoms.